The molecule has 8 heteroatoms. The first kappa shape index (κ1) is 19.1. The van der Waals surface area contributed by atoms with E-state index in [1.807, 2.05) is 0 Å². The van der Waals surface area contributed by atoms with Crippen molar-refractivity contribution in [3.8, 4) is 5.75 Å². The fourth-order valence-electron chi connectivity index (χ4n) is 2.61. The molecule has 1 amide bonds. The lowest BCUT2D eigenvalue weighted by Gasteiger charge is -2.42. The summed E-state index contributed by atoms with van der Waals surface area (Å²) in [6.07, 6.45) is -3.28. The van der Waals surface area contributed by atoms with Gasteiger partial charge in [-0.15, -0.1) is 0 Å². The summed E-state index contributed by atoms with van der Waals surface area (Å²) in [5, 5.41) is 32.0. The van der Waals surface area contributed by atoms with Crippen LogP contribution >= 0.6 is 0 Å². The summed E-state index contributed by atoms with van der Waals surface area (Å²) in [7, 11) is 0. The summed E-state index contributed by atoms with van der Waals surface area (Å²) in [5.74, 6) is -0.0695. The number of benzene rings is 1. The predicted molar refractivity (Wildman–Crippen MR) is 91.7 cm³/mol. The molecule has 1 heterocycles. The largest absolute Gasteiger partial charge is 0.462 e. The maximum Gasteiger partial charge on any atom is 0.223 e. The molecule has 8 nitrogen and oxygen atoms in total. The summed E-state index contributed by atoms with van der Waals surface area (Å²) in [6, 6.07) is 3.95. The molecule has 1 fully saturated rings. The second-order valence-electron chi connectivity index (χ2n) is 5.63. The topological polar surface area (TPSA) is 121 Å². The third kappa shape index (κ3) is 4.23. The van der Waals surface area contributed by atoms with Crippen LogP contribution in [0.5, 0.6) is 5.75 Å². The first-order valence-electron chi connectivity index (χ1n) is 7.70. The minimum absolute atomic E-state index is 0.355. The van der Waals surface area contributed by atoms with E-state index >= 15 is 0 Å². The van der Waals surface area contributed by atoms with E-state index in [4.69, 9.17) is 9.47 Å². The Balaban J connectivity index is 2.28. The fraction of sp³-hybridized carbons (Fsp3) is 0.412. The highest BCUT2D eigenvalue weighted by Gasteiger charge is 2.46. The van der Waals surface area contributed by atoms with Gasteiger partial charge in [-0.05, 0) is 24.4 Å². The van der Waals surface area contributed by atoms with E-state index in [0.29, 0.717) is 11.4 Å². The van der Waals surface area contributed by atoms with E-state index in [1.165, 1.54) is 6.92 Å². The van der Waals surface area contributed by atoms with E-state index in [2.05, 4.69) is 23.6 Å². The molecule has 0 aromatic heterocycles. The molecule has 0 aliphatic carbocycles. The summed E-state index contributed by atoms with van der Waals surface area (Å²) in [4.78, 5) is 15.3. The molecule has 2 rings (SSSR count). The van der Waals surface area contributed by atoms with Crippen LogP contribution in [0.15, 0.2) is 29.8 Å². The van der Waals surface area contributed by atoms with Gasteiger partial charge in [0.1, 0.15) is 30.1 Å². The lowest BCUT2D eigenvalue weighted by Crippen LogP contribution is -2.65. The van der Waals surface area contributed by atoms with Crippen LogP contribution in [0.4, 0.5) is 5.69 Å². The molecular weight excluding hydrogens is 328 g/mol. The number of aliphatic hydroxyl groups is 3. The van der Waals surface area contributed by atoms with Gasteiger partial charge < -0.3 is 30.1 Å². The smallest absolute Gasteiger partial charge is 0.223 e. The van der Waals surface area contributed by atoms with Crippen LogP contribution in [0.2, 0.25) is 0 Å². The Morgan fingerprint density at radius 3 is 2.72 bits per heavy atom. The third-order valence-corrected chi connectivity index (χ3v) is 3.90. The van der Waals surface area contributed by atoms with Gasteiger partial charge in [0.25, 0.3) is 0 Å². The van der Waals surface area contributed by atoms with Crippen molar-refractivity contribution in [3.05, 3.63) is 30.3 Å². The van der Waals surface area contributed by atoms with Gasteiger partial charge >= 0.3 is 0 Å². The van der Waals surface area contributed by atoms with Gasteiger partial charge in [-0.2, -0.15) is 0 Å². The third-order valence-electron chi connectivity index (χ3n) is 3.90. The molecule has 1 aliphatic rings. The Kier molecular flexibility index (Phi) is 6.27. The number of carbonyl (C=O) groups is 1. The molecule has 0 saturated carbocycles. The number of hydrogen-bond donors (Lipinski definition) is 4. The Bertz CT molecular complexity index is 650. The van der Waals surface area contributed by atoms with Crippen molar-refractivity contribution in [2.75, 3.05) is 6.61 Å². The first-order valence-corrected chi connectivity index (χ1v) is 7.70. The standard InChI is InChI=1S/C17H22N2O6/c1-4-10-5-6-11(7-12(10)18-3)24-17-14(19-9(2)21)16(23)15(22)13(8-20)25-17/h4-7,13-17,20,22-23H,1,3,8H2,2H3,(H,19,21). The normalized spacial score (nSPS) is 28.9. The zero-order chi connectivity index (χ0) is 18.6. The number of hydrogen-bond acceptors (Lipinski definition) is 7. The Labute approximate surface area is 145 Å². The average molecular weight is 350 g/mol. The number of nitrogens with zero attached hydrogens (tertiary/aromatic N) is 1. The van der Waals surface area contributed by atoms with Crippen LogP contribution < -0.4 is 10.1 Å². The van der Waals surface area contributed by atoms with Crippen LogP contribution in [-0.2, 0) is 9.53 Å². The quantitative estimate of drug-likeness (QED) is 0.535. The number of carbonyl (C=O) groups excluding carboxylic acids is 1. The zero-order valence-electron chi connectivity index (χ0n) is 13.8. The highest BCUT2D eigenvalue weighted by atomic mass is 16.7. The molecule has 25 heavy (non-hydrogen) atoms. The number of aliphatic imine (C=N–C) groups is 1. The molecule has 4 N–H and O–H groups in total. The number of ether oxygens (including phenoxy) is 2. The highest BCUT2D eigenvalue weighted by molar-refractivity contribution is 5.73. The molecule has 1 saturated heterocycles. The Morgan fingerprint density at radius 1 is 1.44 bits per heavy atom. The number of rotatable bonds is 6. The van der Waals surface area contributed by atoms with Gasteiger partial charge in [0.15, 0.2) is 0 Å². The SMILES string of the molecule is C=Cc1ccc(OC2OC(CO)C(O)C(O)C2NC(C)=O)cc1N=C. The van der Waals surface area contributed by atoms with Crippen LogP contribution in [0.1, 0.15) is 12.5 Å². The molecule has 5 atom stereocenters. The van der Waals surface area contributed by atoms with Gasteiger partial charge in [-0.3, -0.25) is 9.79 Å². The Hall–Kier alpha value is -2.26. The summed E-state index contributed by atoms with van der Waals surface area (Å²) in [5.41, 5.74) is 1.30. The highest BCUT2D eigenvalue weighted by Crippen LogP contribution is 2.29. The summed E-state index contributed by atoms with van der Waals surface area (Å²) >= 11 is 0. The first-order chi connectivity index (χ1) is 11.9. The van der Waals surface area contributed by atoms with Crippen molar-refractivity contribution in [1.29, 1.82) is 0 Å². The van der Waals surface area contributed by atoms with E-state index < -0.39 is 43.2 Å². The van der Waals surface area contributed by atoms with Crippen molar-refractivity contribution >= 4 is 24.4 Å². The van der Waals surface area contributed by atoms with Crippen molar-refractivity contribution in [3.63, 3.8) is 0 Å². The van der Waals surface area contributed by atoms with Gasteiger partial charge in [-0.25, -0.2) is 0 Å². The van der Waals surface area contributed by atoms with Crippen molar-refractivity contribution in [2.45, 2.75) is 37.6 Å². The van der Waals surface area contributed by atoms with Crippen LogP contribution in [0.25, 0.3) is 6.08 Å². The summed E-state index contributed by atoms with van der Waals surface area (Å²) in [6.45, 7) is 7.92. The number of amides is 1. The second kappa shape index (κ2) is 8.21. The second-order valence-corrected chi connectivity index (χ2v) is 5.63. The molecule has 136 valence electrons. The minimum Gasteiger partial charge on any atom is -0.462 e. The van der Waals surface area contributed by atoms with Crippen LogP contribution in [0.3, 0.4) is 0 Å². The molecule has 1 aromatic carbocycles. The molecule has 1 aromatic rings. The molecule has 5 unspecified atom stereocenters. The van der Waals surface area contributed by atoms with E-state index in [-0.39, 0.29) is 0 Å². The van der Waals surface area contributed by atoms with Gasteiger partial charge in [0.2, 0.25) is 12.2 Å². The zero-order valence-corrected chi connectivity index (χ0v) is 13.8. The van der Waals surface area contributed by atoms with Gasteiger partial charge in [0.05, 0.1) is 12.3 Å². The monoisotopic (exact) mass is 350 g/mol. The predicted octanol–water partition coefficient (Wildman–Crippen LogP) is -0.0158. The Morgan fingerprint density at radius 2 is 2.16 bits per heavy atom. The van der Waals surface area contributed by atoms with E-state index in [1.54, 1.807) is 24.3 Å². The maximum atomic E-state index is 11.4. The van der Waals surface area contributed by atoms with E-state index in [0.717, 1.165) is 5.56 Å². The molecule has 0 spiro atoms. The average Bonchev–Trinajstić information content (AvgIpc) is 2.60. The molecule has 1 aliphatic heterocycles. The van der Waals surface area contributed by atoms with Gasteiger partial charge in [0, 0.05) is 13.0 Å². The number of aliphatic hydroxyl groups excluding tert-OH is 3. The molecule has 0 radical (unpaired) electrons. The minimum atomic E-state index is -1.37. The van der Waals surface area contributed by atoms with Gasteiger partial charge in [-0.1, -0.05) is 12.7 Å². The lowest BCUT2D eigenvalue weighted by atomic mass is 9.97. The van der Waals surface area contributed by atoms with Crippen LogP contribution in [-0.4, -0.2) is 65.2 Å². The summed E-state index contributed by atoms with van der Waals surface area (Å²) < 4.78 is 11.2. The van der Waals surface area contributed by atoms with Crippen molar-refractivity contribution in [1.82, 2.24) is 5.32 Å². The molecular formula is C17H22N2O6. The van der Waals surface area contributed by atoms with Crippen molar-refractivity contribution in [2.24, 2.45) is 4.99 Å². The maximum absolute atomic E-state index is 11.4. The van der Waals surface area contributed by atoms with Crippen molar-refractivity contribution < 1.29 is 29.6 Å². The lowest BCUT2D eigenvalue weighted by molar-refractivity contribution is -0.244. The van der Waals surface area contributed by atoms with Crippen LogP contribution in [0, 0.1) is 0 Å². The fourth-order valence-corrected chi connectivity index (χ4v) is 2.61. The molecule has 0 bridgehead atoms. The number of nitrogens with one attached hydrogen (secondary N) is 1. The van der Waals surface area contributed by atoms with E-state index in [9.17, 15) is 20.1 Å².